The van der Waals surface area contributed by atoms with E-state index in [-0.39, 0.29) is 0 Å². The highest BCUT2D eigenvalue weighted by molar-refractivity contribution is 6.42. The van der Waals surface area contributed by atoms with Gasteiger partial charge in [0.15, 0.2) is 0 Å². The molecule has 0 saturated heterocycles. The molecule has 0 fully saturated rings. The topological polar surface area (TPSA) is 71.5 Å². The maximum atomic E-state index is 6.30. The number of aromatic nitrogens is 2. The van der Waals surface area contributed by atoms with Crippen molar-refractivity contribution in [3.05, 3.63) is 83.0 Å². The van der Waals surface area contributed by atoms with Crippen molar-refractivity contribution in [3.8, 4) is 22.6 Å². The highest BCUT2D eigenvalue weighted by Gasteiger charge is 2.14. The van der Waals surface area contributed by atoms with Gasteiger partial charge in [-0.05, 0) is 67.2 Å². The molecule has 1 heterocycles. The van der Waals surface area contributed by atoms with Gasteiger partial charge in [0, 0.05) is 24.0 Å². The molecule has 38 heavy (non-hydrogen) atoms. The molecule has 3 aromatic carbocycles. The average Bonchev–Trinajstić information content (AvgIpc) is 2.94. The van der Waals surface area contributed by atoms with Crippen molar-refractivity contribution in [2.45, 2.75) is 13.8 Å². The lowest BCUT2D eigenvalue weighted by Gasteiger charge is -2.18. The number of benzene rings is 3. The summed E-state index contributed by atoms with van der Waals surface area (Å²) in [7, 11) is 1.63. The van der Waals surface area contributed by atoms with E-state index in [0.29, 0.717) is 34.2 Å². The van der Waals surface area contributed by atoms with Gasteiger partial charge >= 0.3 is 0 Å². The number of methoxy groups -OCH3 is 1. The quantitative estimate of drug-likeness (QED) is 0.187. The van der Waals surface area contributed by atoms with Crippen LogP contribution in [0.4, 0.5) is 23.1 Å². The van der Waals surface area contributed by atoms with Gasteiger partial charge in [-0.25, -0.2) is 4.98 Å². The number of nitrogens with zero attached hydrogens (tertiary/aromatic N) is 3. The Bertz CT molecular complexity index is 1350. The molecule has 4 aromatic rings. The zero-order valence-corrected chi connectivity index (χ0v) is 23.2. The Balaban J connectivity index is 1.56. The first-order valence-electron chi connectivity index (χ1n) is 12.5. The summed E-state index contributed by atoms with van der Waals surface area (Å²) in [5.74, 6) is 2.53. The summed E-state index contributed by atoms with van der Waals surface area (Å²) in [6.07, 6.45) is 1.75. The van der Waals surface area contributed by atoms with E-state index in [0.717, 1.165) is 47.9 Å². The van der Waals surface area contributed by atoms with Crippen LogP contribution in [0.1, 0.15) is 13.8 Å². The van der Waals surface area contributed by atoms with Gasteiger partial charge in [0.25, 0.3) is 0 Å². The fourth-order valence-electron chi connectivity index (χ4n) is 3.88. The van der Waals surface area contributed by atoms with E-state index < -0.39 is 0 Å². The van der Waals surface area contributed by atoms with Crippen LogP contribution in [-0.4, -0.2) is 48.2 Å². The minimum atomic E-state index is 0.432. The van der Waals surface area contributed by atoms with Gasteiger partial charge in [-0.15, -0.1) is 0 Å². The van der Waals surface area contributed by atoms with Crippen molar-refractivity contribution in [1.82, 2.24) is 14.9 Å². The van der Waals surface area contributed by atoms with Crippen LogP contribution in [0.3, 0.4) is 0 Å². The molecule has 2 N–H and O–H groups in total. The van der Waals surface area contributed by atoms with Crippen LogP contribution < -0.4 is 20.1 Å². The van der Waals surface area contributed by atoms with E-state index >= 15 is 0 Å². The molecular weight excluding hydrogens is 521 g/mol. The van der Waals surface area contributed by atoms with Crippen LogP contribution in [-0.2, 0) is 0 Å². The van der Waals surface area contributed by atoms with Crippen LogP contribution >= 0.6 is 23.2 Å². The van der Waals surface area contributed by atoms with E-state index in [1.807, 2.05) is 54.6 Å². The van der Waals surface area contributed by atoms with Crippen LogP contribution in [0.15, 0.2) is 72.9 Å². The van der Waals surface area contributed by atoms with Gasteiger partial charge in [-0.2, -0.15) is 4.98 Å². The summed E-state index contributed by atoms with van der Waals surface area (Å²) < 4.78 is 11.4. The molecule has 0 aliphatic heterocycles. The number of halogens is 2. The zero-order valence-electron chi connectivity index (χ0n) is 21.7. The lowest BCUT2D eigenvalue weighted by Crippen LogP contribution is -2.27. The molecule has 198 valence electrons. The first-order valence-corrected chi connectivity index (χ1v) is 13.2. The van der Waals surface area contributed by atoms with E-state index in [9.17, 15) is 0 Å². The second-order valence-electron chi connectivity index (χ2n) is 8.43. The molecular formula is C29H31Cl2N5O2. The zero-order chi connectivity index (χ0) is 26.9. The predicted molar refractivity (Wildman–Crippen MR) is 157 cm³/mol. The number of para-hydroxylation sites is 2. The molecule has 0 saturated carbocycles. The fraction of sp³-hybridized carbons (Fsp3) is 0.241. The summed E-state index contributed by atoms with van der Waals surface area (Å²) in [4.78, 5) is 11.7. The van der Waals surface area contributed by atoms with Gasteiger partial charge in [0.2, 0.25) is 5.95 Å². The lowest BCUT2D eigenvalue weighted by molar-refractivity contribution is 0.223. The van der Waals surface area contributed by atoms with Crippen LogP contribution in [0, 0.1) is 0 Å². The van der Waals surface area contributed by atoms with Crippen molar-refractivity contribution in [2.75, 3.05) is 44.0 Å². The van der Waals surface area contributed by atoms with E-state index in [2.05, 4.69) is 34.4 Å². The number of likely N-dealkylation sites (N-methyl/N-ethyl adjacent to an activating group) is 1. The molecule has 4 rings (SSSR count). The Morgan fingerprint density at radius 3 is 2.37 bits per heavy atom. The first kappa shape index (κ1) is 27.5. The van der Waals surface area contributed by atoms with Crippen LogP contribution in [0.25, 0.3) is 11.1 Å². The van der Waals surface area contributed by atoms with Crippen LogP contribution in [0.2, 0.25) is 10.0 Å². The van der Waals surface area contributed by atoms with Gasteiger partial charge in [0.1, 0.15) is 23.9 Å². The van der Waals surface area contributed by atoms with Gasteiger partial charge < -0.3 is 25.0 Å². The van der Waals surface area contributed by atoms with Crippen LogP contribution in [0.5, 0.6) is 11.5 Å². The number of anilines is 4. The third-order valence-corrected chi connectivity index (χ3v) is 6.80. The molecule has 0 spiro atoms. The number of ether oxygens (including phenoxy) is 2. The fourth-order valence-corrected chi connectivity index (χ4v) is 4.18. The van der Waals surface area contributed by atoms with Gasteiger partial charge in [-0.3, -0.25) is 0 Å². The monoisotopic (exact) mass is 551 g/mol. The summed E-state index contributed by atoms with van der Waals surface area (Å²) >= 11 is 12.4. The molecule has 0 radical (unpaired) electrons. The first-order chi connectivity index (χ1) is 18.5. The minimum absolute atomic E-state index is 0.432. The Morgan fingerprint density at radius 1 is 0.895 bits per heavy atom. The normalized spacial score (nSPS) is 10.9. The summed E-state index contributed by atoms with van der Waals surface area (Å²) in [5, 5.41) is 7.59. The Labute approximate surface area is 233 Å². The molecule has 0 unspecified atom stereocenters. The van der Waals surface area contributed by atoms with Gasteiger partial charge in [-0.1, -0.05) is 55.2 Å². The minimum Gasteiger partial charge on any atom is -0.495 e. The van der Waals surface area contributed by atoms with E-state index in [1.54, 1.807) is 25.4 Å². The third kappa shape index (κ3) is 7.07. The maximum absolute atomic E-state index is 6.30. The SMILES string of the molecule is CCN(CC)CCOc1ccc(Nc2ncc(-c3ccc(Cl)c(Cl)c3)c(Nc3ccccc3OC)n2)cc1. The van der Waals surface area contributed by atoms with E-state index in [4.69, 9.17) is 37.7 Å². The molecule has 9 heteroatoms. The molecule has 0 aliphatic rings. The summed E-state index contributed by atoms with van der Waals surface area (Å²) in [5.41, 5.74) is 3.20. The second-order valence-corrected chi connectivity index (χ2v) is 9.25. The summed E-state index contributed by atoms with van der Waals surface area (Å²) in [6.45, 7) is 7.88. The third-order valence-electron chi connectivity index (χ3n) is 6.06. The van der Waals surface area contributed by atoms with E-state index in [1.165, 1.54) is 0 Å². The van der Waals surface area contributed by atoms with Gasteiger partial charge in [0.05, 0.1) is 22.8 Å². The molecule has 0 aliphatic carbocycles. The highest BCUT2D eigenvalue weighted by Crippen LogP contribution is 2.35. The van der Waals surface area contributed by atoms with Crippen molar-refractivity contribution >= 4 is 46.3 Å². The standard InChI is InChI=1S/C29H31Cl2N5O2/c1-4-36(5-2)16-17-38-22-13-11-21(12-14-22)33-29-32-19-23(20-10-15-24(30)25(31)18-20)28(35-29)34-26-8-6-7-9-27(26)37-3/h6-15,18-19H,4-5,16-17H2,1-3H3,(H2,32,33,34,35). The Kier molecular flexibility index (Phi) is 9.65. The smallest absolute Gasteiger partial charge is 0.229 e. The average molecular weight is 553 g/mol. The summed E-state index contributed by atoms with van der Waals surface area (Å²) in [6, 6.07) is 20.8. The molecule has 0 amide bonds. The lowest BCUT2D eigenvalue weighted by atomic mass is 10.1. The molecule has 1 aromatic heterocycles. The number of nitrogens with one attached hydrogen (secondary N) is 2. The number of hydrogen-bond acceptors (Lipinski definition) is 7. The number of hydrogen-bond donors (Lipinski definition) is 2. The largest absolute Gasteiger partial charge is 0.495 e. The number of rotatable bonds is 12. The Hall–Kier alpha value is -3.52. The van der Waals surface area contributed by atoms with Crippen molar-refractivity contribution in [2.24, 2.45) is 0 Å². The molecule has 0 atom stereocenters. The van der Waals surface area contributed by atoms with Crippen molar-refractivity contribution in [1.29, 1.82) is 0 Å². The van der Waals surface area contributed by atoms with Crippen molar-refractivity contribution < 1.29 is 9.47 Å². The Morgan fingerprint density at radius 2 is 1.66 bits per heavy atom. The molecule has 0 bridgehead atoms. The second kappa shape index (κ2) is 13.3. The highest BCUT2D eigenvalue weighted by atomic mass is 35.5. The maximum Gasteiger partial charge on any atom is 0.229 e. The molecule has 7 nitrogen and oxygen atoms in total. The predicted octanol–water partition coefficient (Wildman–Crippen LogP) is 7.67. The van der Waals surface area contributed by atoms with Crippen molar-refractivity contribution in [3.63, 3.8) is 0 Å².